The van der Waals surface area contributed by atoms with Gasteiger partial charge in [-0.05, 0) is 29.7 Å². The minimum atomic E-state index is -0.542. The number of nitrogen functional groups attached to an aromatic ring is 1. The molecule has 3 nitrogen and oxygen atoms in total. The molecule has 0 spiro atoms. The van der Waals surface area contributed by atoms with Crippen LogP contribution in [-0.4, -0.2) is 17.4 Å². The Labute approximate surface area is 126 Å². The maximum Gasteiger partial charge on any atom is 0.0985 e. The number of nitrogens with two attached hydrogens (primary N) is 1. The van der Waals surface area contributed by atoms with Gasteiger partial charge >= 0.3 is 0 Å². The van der Waals surface area contributed by atoms with E-state index >= 15 is 0 Å². The fraction of sp³-hybridized carbons (Fsp3) is 0.278. The second-order valence-corrected chi connectivity index (χ2v) is 5.11. The lowest BCUT2D eigenvalue weighted by Gasteiger charge is -2.10. The average molecular weight is 282 g/mol. The Bertz CT molecular complexity index is 576. The van der Waals surface area contributed by atoms with Gasteiger partial charge in [0.15, 0.2) is 0 Å². The highest BCUT2D eigenvalue weighted by Gasteiger charge is 2.06. The first-order valence-corrected chi connectivity index (χ1v) is 7.28. The summed E-state index contributed by atoms with van der Waals surface area (Å²) in [5.74, 6) is 0. The first kappa shape index (κ1) is 15.3. The lowest BCUT2D eigenvalue weighted by molar-refractivity contribution is 0.187. The predicted molar refractivity (Wildman–Crippen MR) is 88.6 cm³/mol. The zero-order valence-corrected chi connectivity index (χ0v) is 12.4. The van der Waals surface area contributed by atoms with Crippen molar-refractivity contribution in [1.29, 1.82) is 0 Å². The second kappa shape index (κ2) is 7.60. The van der Waals surface area contributed by atoms with Crippen molar-refractivity contribution in [3.63, 3.8) is 0 Å². The molecule has 0 aromatic heterocycles. The third kappa shape index (κ3) is 4.72. The van der Waals surface area contributed by atoms with E-state index in [1.54, 1.807) is 0 Å². The average Bonchev–Trinajstić information content (AvgIpc) is 2.53. The molecule has 0 amide bonds. The number of rotatable bonds is 6. The van der Waals surface area contributed by atoms with E-state index in [4.69, 9.17) is 5.73 Å². The molecule has 0 radical (unpaired) electrons. The van der Waals surface area contributed by atoms with Crippen molar-refractivity contribution in [2.24, 2.45) is 4.99 Å². The zero-order valence-electron chi connectivity index (χ0n) is 12.4. The van der Waals surface area contributed by atoms with Crippen LogP contribution in [0.4, 0.5) is 5.69 Å². The fourth-order valence-electron chi connectivity index (χ4n) is 2.16. The molecule has 2 aromatic carbocycles. The van der Waals surface area contributed by atoms with Gasteiger partial charge in [0.25, 0.3) is 0 Å². The molecule has 3 heteroatoms. The third-order valence-electron chi connectivity index (χ3n) is 3.47. The number of nitrogens with zero attached hydrogens (tertiary/aromatic N) is 1. The summed E-state index contributed by atoms with van der Waals surface area (Å²) in [4.78, 5) is 4.57. The maximum absolute atomic E-state index is 10.1. The van der Waals surface area contributed by atoms with E-state index in [9.17, 15) is 5.11 Å². The zero-order chi connectivity index (χ0) is 15.1. The summed E-state index contributed by atoms with van der Waals surface area (Å²) in [5, 5.41) is 10.1. The molecule has 110 valence electrons. The van der Waals surface area contributed by atoms with E-state index in [2.05, 4.69) is 11.9 Å². The van der Waals surface area contributed by atoms with E-state index in [0.29, 0.717) is 6.54 Å². The summed E-state index contributed by atoms with van der Waals surface area (Å²) >= 11 is 0. The molecular weight excluding hydrogens is 260 g/mol. The summed E-state index contributed by atoms with van der Waals surface area (Å²) in [6.45, 7) is 2.49. The van der Waals surface area contributed by atoms with Crippen molar-refractivity contribution in [3.8, 4) is 0 Å². The maximum atomic E-state index is 10.1. The Balaban J connectivity index is 1.98. The third-order valence-corrected chi connectivity index (χ3v) is 3.47. The van der Waals surface area contributed by atoms with Gasteiger partial charge in [0, 0.05) is 17.8 Å². The van der Waals surface area contributed by atoms with E-state index < -0.39 is 6.10 Å². The van der Waals surface area contributed by atoms with Gasteiger partial charge in [-0.3, -0.25) is 4.99 Å². The highest BCUT2D eigenvalue weighted by molar-refractivity contribution is 5.86. The van der Waals surface area contributed by atoms with Crippen LogP contribution in [0.3, 0.4) is 0 Å². The normalized spacial score (nSPS) is 13.1. The summed E-state index contributed by atoms with van der Waals surface area (Å²) in [6, 6.07) is 17.5. The highest BCUT2D eigenvalue weighted by Crippen LogP contribution is 2.13. The Morgan fingerprint density at radius 2 is 1.76 bits per heavy atom. The van der Waals surface area contributed by atoms with Crippen LogP contribution < -0.4 is 5.73 Å². The van der Waals surface area contributed by atoms with Crippen LogP contribution >= 0.6 is 0 Å². The lowest BCUT2D eigenvalue weighted by Crippen LogP contribution is -2.07. The quantitative estimate of drug-likeness (QED) is 0.630. The van der Waals surface area contributed by atoms with Gasteiger partial charge in [-0.25, -0.2) is 0 Å². The van der Waals surface area contributed by atoms with Gasteiger partial charge in [-0.2, -0.15) is 0 Å². The summed E-state index contributed by atoms with van der Waals surface area (Å²) < 4.78 is 0. The van der Waals surface area contributed by atoms with E-state index in [1.165, 1.54) is 5.56 Å². The summed E-state index contributed by atoms with van der Waals surface area (Å²) in [6.07, 6.45) is 1.14. The Kier molecular flexibility index (Phi) is 5.52. The molecule has 0 heterocycles. The van der Waals surface area contributed by atoms with Crippen LogP contribution in [-0.2, 0) is 6.42 Å². The van der Waals surface area contributed by atoms with Gasteiger partial charge < -0.3 is 10.8 Å². The smallest absolute Gasteiger partial charge is 0.0985 e. The van der Waals surface area contributed by atoms with Gasteiger partial charge in [-0.1, -0.05) is 49.4 Å². The van der Waals surface area contributed by atoms with Gasteiger partial charge in [0.2, 0.25) is 0 Å². The number of hydrogen-bond acceptors (Lipinski definition) is 3. The molecule has 0 aliphatic heterocycles. The van der Waals surface area contributed by atoms with Crippen molar-refractivity contribution >= 4 is 11.4 Å². The molecule has 3 N–H and O–H groups in total. The number of aliphatic imine (C=N–C) groups is 1. The standard InChI is InChI=1S/C18H22N2O/c1-2-17(12-14-8-10-16(19)11-9-14)20-13-18(21)15-6-4-3-5-7-15/h3-11,18,21H,2,12-13,19H2,1H3/b20-17+. The van der Waals surface area contributed by atoms with Crippen LogP contribution in [0.15, 0.2) is 59.6 Å². The van der Waals surface area contributed by atoms with Crippen molar-refractivity contribution in [2.45, 2.75) is 25.9 Å². The van der Waals surface area contributed by atoms with Crippen molar-refractivity contribution < 1.29 is 5.11 Å². The molecule has 0 saturated heterocycles. The number of aliphatic hydroxyl groups is 1. The Morgan fingerprint density at radius 1 is 1.10 bits per heavy atom. The highest BCUT2D eigenvalue weighted by atomic mass is 16.3. The molecule has 2 aromatic rings. The van der Waals surface area contributed by atoms with Crippen molar-refractivity contribution in [1.82, 2.24) is 0 Å². The summed E-state index contributed by atoms with van der Waals surface area (Å²) in [5.41, 5.74) is 9.65. The van der Waals surface area contributed by atoms with Crippen molar-refractivity contribution in [2.75, 3.05) is 12.3 Å². The molecular formula is C18H22N2O. The number of benzene rings is 2. The van der Waals surface area contributed by atoms with Crippen molar-refractivity contribution in [3.05, 3.63) is 65.7 Å². The van der Waals surface area contributed by atoms with Crippen LogP contribution in [0.25, 0.3) is 0 Å². The van der Waals surface area contributed by atoms with Crippen LogP contribution in [0.1, 0.15) is 30.6 Å². The van der Waals surface area contributed by atoms with Crippen LogP contribution in [0.2, 0.25) is 0 Å². The molecule has 1 unspecified atom stereocenters. The molecule has 0 fully saturated rings. The molecule has 21 heavy (non-hydrogen) atoms. The molecule has 1 atom stereocenters. The molecule has 0 aliphatic rings. The number of anilines is 1. The van der Waals surface area contributed by atoms with E-state index in [1.807, 2.05) is 54.6 Å². The fourth-order valence-corrected chi connectivity index (χ4v) is 2.16. The molecule has 0 saturated carbocycles. The lowest BCUT2D eigenvalue weighted by atomic mass is 10.1. The monoisotopic (exact) mass is 282 g/mol. The minimum absolute atomic E-state index is 0.405. The van der Waals surface area contributed by atoms with Gasteiger partial charge in [0.1, 0.15) is 0 Å². The predicted octanol–water partition coefficient (Wildman–Crippen LogP) is 3.40. The second-order valence-electron chi connectivity index (χ2n) is 5.11. The number of aliphatic hydroxyl groups excluding tert-OH is 1. The Hall–Kier alpha value is -2.13. The van der Waals surface area contributed by atoms with E-state index in [0.717, 1.165) is 29.8 Å². The molecule has 2 rings (SSSR count). The number of hydrogen-bond donors (Lipinski definition) is 2. The van der Waals surface area contributed by atoms with Crippen LogP contribution in [0.5, 0.6) is 0 Å². The van der Waals surface area contributed by atoms with Gasteiger partial charge in [-0.15, -0.1) is 0 Å². The SMILES string of the molecule is CC/C(Cc1ccc(N)cc1)=N\CC(O)c1ccccc1. The van der Waals surface area contributed by atoms with Gasteiger partial charge in [0.05, 0.1) is 12.6 Å². The molecule has 0 aliphatic carbocycles. The van der Waals surface area contributed by atoms with Crippen LogP contribution in [0, 0.1) is 0 Å². The molecule has 0 bridgehead atoms. The minimum Gasteiger partial charge on any atom is -0.399 e. The first-order chi connectivity index (χ1) is 10.2. The first-order valence-electron chi connectivity index (χ1n) is 7.28. The Morgan fingerprint density at radius 3 is 2.38 bits per heavy atom. The summed E-state index contributed by atoms with van der Waals surface area (Å²) in [7, 11) is 0. The van der Waals surface area contributed by atoms with E-state index in [-0.39, 0.29) is 0 Å². The topological polar surface area (TPSA) is 58.6 Å². The largest absolute Gasteiger partial charge is 0.399 e.